The SMILES string of the molecule is Cc1c(C(=O)CCCOC2CCC2)ccc2nn(CC3CN(C(=O)OC(C)(C)C)C3)cc12. The predicted molar refractivity (Wildman–Crippen MR) is 123 cm³/mol. The number of amides is 1. The van der Waals surface area contributed by atoms with Crippen molar-refractivity contribution in [3.8, 4) is 0 Å². The number of rotatable bonds is 8. The summed E-state index contributed by atoms with van der Waals surface area (Å²) in [6, 6.07) is 3.84. The van der Waals surface area contributed by atoms with Gasteiger partial charge in [-0.3, -0.25) is 9.48 Å². The first-order valence-corrected chi connectivity index (χ1v) is 11.8. The number of hydrogen-bond donors (Lipinski definition) is 0. The van der Waals surface area contributed by atoms with Gasteiger partial charge >= 0.3 is 6.09 Å². The molecule has 1 saturated heterocycles. The lowest BCUT2D eigenvalue weighted by atomic mass is 9.96. The monoisotopic (exact) mass is 441 g/mol. The summed E-state index contributed by atoms with van der Waals surface area (Å²) in [4.78, 5) is 26.6. The van der Waals surface area contributed by atoms with Crippen molar-refractivity contribution in [2.45, 2.75) is 78.0 Å². The van der Waals surface area contributed by atoms with E-state index in [4.69, 9.17) is 9.47 Å². The van der Waals surface area contributed by atoms with E-state index in [1.165, 1.54) is 6.42 Å². The largest absolute Gasteiger partial charge is 0.444 e. The van der Waals surface area contributed by atoms with Crippen LogP contribution in [0.25, 0.3) is 10.9 Å². The number of hydrogen-bond acceptors (Lipinski definition) is 5. The molecule has 2 aromatic rings. The maximum Gasteiger partial charge on any atom is 0.410 e. The van der Waals surface area contributed by atoms with Crippen molar-refractivity contribution in [2.24, 2.45) is 5.92 Å². The number of carbonyl (C=O) groups excluding carboxylic acids is 2. The van der Waals surface area contributed by atoms with Gasteiger partial charge in [-0.15, -0.1) is 0 Å². The number of nitrogens with zero attached hydrogens (tertiary/aromatic N) is 3. The highest BCUT2D eigenvalue weighted by molar-refractivity contribution is 6.01. The Morgan fingerprint density at radius 1 is 1.19 bits per heavy atom. The molecule has 4 rings (SSSR count). The van der Waals surface area contributed by atoms with Gasteiger partial charge in [0.15, 0.2) is 5.78 Å². The second kappa shape index (κ2) is 9.22. The average Bonchev–Trinajstić information content (AvgIpc) is 3.05. The molecule has 0 atom stereocenters. The Hall–Kier alpha value is -2.41. The maximum atomic E-state index is 12.7. The minimum absolute atomic E-state index is 0.168. The topological polar surface area (TPSA) is 73.7 Å². The second-order valence-electron chi connectivity index (χ2n) is 10.2. The van der Waals surface area contributed by atoms with E-state index in [2.05, 4.69) is 5.10 Å². The quantitative estimate of drug-likeness (QED) is 0.437. The fourth-order valence-corrected chi connectivity index (χ4v) is 4.26. The Morgan fingerprint density at radius 2 is 1.94 bits per heavy atom. The molecule has 0 radical (unpaired) electrons. The summed E-state index contributed by atoms with van der Waals surface area (Å²) in [6.45, 7) is 10.4. The van der Waals surface area contributed by atoms with Crippen molar-refractivity contribution in [3.63, 3.8) is 0 Å². The smallest absolute Gasteiger partial charge is 0.410 e. The molecule has 2 heterocycles. The van der Waals surface area contributed by atoms with Gasteiger partial charge in [0, 0.05) is 55.7 Å². The Morgan fingerprint density at radius 3 is 2.59 bits per heavy atom. The summed E-state index contributed by atoms with van der Waals surface area (Å²) < 4.78 is 13.1. The first kappa shape index (κ1) is 22.8. The zero-order valence-corrected chi connectivity index (χ0v) is 19.7. The first-order chi connectivity index (χ1) is 15.2. The van der Waals surface area contributed by atoms with Crippen LogP contribution < -0.4 is 0 Å². The van der Waals surface area contributed by atoms with Crippen molar-refractivity contribution < 1.29 is 19.1 Å². The lowest BCUT2D eigenvalue weighted by Crippen LogP contribution is -2.52. The minimum Gasteiger partial charge on any atom is -0.444 e. The number of ketones is 1. The summed E-state index contributed by atoms with van der Waals surface area (Å²) in [5, 5.41) is 5.70. The molecular formula is C25H35N3O4. The molecule has 7 nitrogen and oxygen atoms in total. The Kier molecular flexibility index (Phi) is 6.56. The van der Waals surface area contributed by atoms with Crippen LogP contribution in [0.2, 0.25) is 0 Å². The van der Waals surface area contributed by atoms with Crippen molar-refractivity contribution in [1.29, 1.82) is 0 Å². The minimum atomic E-state index is -0.474. The molecular weight excluding hydrogens is 406 g/mol. The van der Waals surface area contributed by atoms with Crippen LogP contribution in [0.3, 0.4) is 0 Å². The van der Waals surface area contributed by atoms with E-state index in [1.54, 1.807) is 4.90 Å². The summed E-state index contributed by atoms with van der Waals surface area (Å²) in [5.74, 6) is 0.523. The van der Waals surface area contributed by atoms with Gasteiger partial charge in [-0.2, -0.15) is 5.10 Å². The van der Waals surface area contributed by atoms with Gasteiger partial charge < -0.3 is 14.4 Å². The van der Waals surface area contributed by atoms with Crippen LogP contribution in [0, 0.1) is 12.8 Å². The molecule has 1 aromatic carbocycles. The van der Waals surface area contributed by atoms with E-state index < -0.39 is 5.60 Å². The second-order valence-corrected chi connectivity index (χ2v) is 10.2. The van der Waals surface area contributed by atoms with E-state index in [0.717, 1.165) is 47.8 Å². The lowest BCUT2D eigenvalue weighted by Gasteiger charge is -2.39. The molecule has 1 aliphatic heterocycles. The van der Waals surface area contributed by atoms with Gasteiger partial charge in [0.25, 0.3) is 0 Å². The average molecular weight is 442 g/mol. The van der Waals surface area contributed by atoms with Crippen molar-refractivity contribution in [1.82, 2.24) is 14.7 Å². The number of carbonyl (C=O) groups is 2. The normalized spacial score (nSPS) is 17.3. The number of aromatic nitrogens is 2. The third kappa shape index (κ3) is 5.31. The molecule has 2 fully saturated rings. The number of aryl methyl sites for hydroxylation is 1. The Balaban J connectivity index is 1.31. The van der Waals surface area contributed by atoms with Gasteiger partial charge in [-0.25, -0.2) is 4.79 Å². The molecule has 1 aromatic heterocycles. The summed E-state index contributed by atoms with van der Waals surface area (Å²) >= 11 is 0. The highest BCUT2D eigenvalue weighted by atomic mass is 16.6. The fourth-order valence-electron chi connectivity index (χ4n) is 4.26. The summed E-state index contributed by atoms with van der Waals surface area (Å²) in [7, 11) is 0. The maximum absolute atomic E-state index is 12.7. The van der Waals surface area contributed by atoms with Crippen molar-refractivity contribution in [3.05, 3.63) is 29.5 Å². The molecule has 0 N–H and O–H groups in total. The van der Waals surface area contributed by atoms with Crippen molar-refractivity contribution in [2.75, 3.05) is 19.7 Å². The van der Waals surface area contributed by atoms with E-state index in [1.807, 2.05) is 50.7 Å². The molecule has 2 aliphatic rings. The molecule has 7 heteroatoms. The van der Waals surface area contributed by atoms with Gasteiger partial charge in [0.1, 0.15) is 5.60 Å². The standard InChI is InChI=1S/C25H35N3O4/c1-17-20(23(29)9-6-12-31-19-7-5-8-19)10-11-22-21(17)16-28(26-22)15-18-13-27(14-18)24(30)32-25(2,3)4/h10-11,16,18-19H,5-9,12-15H2,1-4H3. The predicted octanol–water partition coefficient (Wildman–Crippen LogP) is 4.74. The zero-order chi connectivity index (χ0) is 22.9. The summed E-state index contributed by atoms with van der Waals surface area (Å²) in [6.07, 6.45) is 7.05. The Labute approximate surface area is 190 Å². The number of likely N-dealkylation sites (tertiary alicyclic amines) is 1. The molecule has 0 spiro atoms. The number of Topliss-reactive ketones (excluding diaryl/α,β-unsaturated/α-hetero) is 1. The third-order valence-corrected chi connectivity index (χ3v) is 6.31. The third-order valence-electron chi connectivity index (χ3n) is 6.31. The van der Waals surface area contributed by atoms with E-state index in [0.29, 0.717) is 38.1 Å². The highest BCUT2D eigenvalue weighted by Gasteiger charge is 2.34. The molecule has 32 heavy (non-hydrogen) atoms. The van der Waals surface area contributed by atoms with Crippen LogP contribution in [-0.2, 0) is 16.0 Å². The molecule has 1 aliphatic carbocycles. The van der Waals surface area contributed by atoms with Crippen LogP contribution in [0.15, 0.2) is 18.3 Å². The number of fused-ring (bicyclic) bond motifs is 1. The van der Waals surface area contributed by atoms with E-state index in [-0.39, 0.29) is 11.9 Å². The first-order valence-electron chi connectivity index (χ1n) is 11.8. The molecule has 0 unspecified atom stereocenters. The van der Waals surface area contributed by atoms with Gasteiger partial charge in [-0.1, -0.05) is 0 Å². The number of benzene rings is 1. The van der Waals surface area contributed by atoms with Crippen LogP contribution in [0.1, 0.15) is 68.8 Å². The van der Waals surface area contributed by atoms with E-state index >= 15 is 0 Å². The zero-order valence-electron chi connectivity index (χ0n) is 19.7. The lowest BCUT2D eigenvalue weighted by molar-refractivity contribution is -0.00382. The molecule has 174 valence electrons. The fraction of sp³-hybridized carbons (Fsp3) is 0.640. The number of ether oxygens (including phenoxy) is 2. The Bertz CT molecular complexity index is 981. The highest BCUT2D eigenvalue weighted by Crippen LogP contribution is 2.26. The summed E-state index contributed by atoms with van der Waals surface area (Å²) in [5.41, 5.74) is 2.19. The van der Waals surface area contributed by atoms with E-state index in [9.17, 15) is 9.59 Å². The van der Waals surface area contributed by atoms with Crippen LogP contribution >= 0.6 is 0 Å². The molecule has 1 saturated carbocycles. The molecule has 0 bridgehead atoms. The van der Waals surface area contributed by atoms with Crippen LogP contribution in [-0.4, -0.2) is 58.0 Å². The van der Waals surface area contributed by atoms with Gasteiger partial charge in [0.05, 0.1) is 11.6 Å². The van der Waals surface area contributed by atoms with Crippen molar-refractivity contribution >= 4 is 22.8 Å². The molecule has 1 amide bonds. The van der Waals surface area contributed by atoms with Crippen LogP contribution in [0.4, 0.5) is 4.79 Å². The van der Waals surface area contributed by atoms with Gasteiger partial charge in [0.2, 0.25) is 0 Å². The van der Waals surface area contributed by atoms with Crippen LogP contribution in [0.5, 0.6) is 0 Å². The van der Waals surface area contributed by atoms with Gasteiger partial charge in [-0.05, 0) is 71.1 Å².